The molecule has 0 amide bonds. The summed E-state index contributed by atoms with van der Waals surface area (Å²) in [5.74, 6) is 1.83. The molecule has 0 aliphatic heterocycles. The molecule has 0 saturated carbocycles. The van der Waals surface area contributed by atoms with Gasteiger partial charge in [0.1, 0.15) is 5.58 Å². The molecule has 423 valence electrons. The van der Waals surface area contributed by atoms with Gasteiger partial charge in [0, 0.05) is 58.0 Å². The van der Waals surface area contributed by atoms with Gasteiger partial charge in [-0.1, -0.05) is 225 Å². The van der Waals surface area contributed by atoms with E-state index >= 15 is 0 Å². The van der Waals surface area contributed by atoms with Gasteiger partial charge in [0.25, 0.3) is 0 Å². The molecule has 0 unspecified atom stereocenters. The predicted octanol–water partition coefficient (Wildman–Crippen LogP) is 20.1. The molecule has 0 spiro atoms. The first-order valence-electron chi connectivity index (χ1n) is 30.7. The second kappa shape index (κ2) is 22.4. The summed E-state index contributed by atoms with van der Waals surface area (Å²) < 4.78 is 31.5. The zero-order chi connectivity index (χ0) is 60.8. The second-order valence-electron chi connectivity index (χ2n) is 26.2. The fraction of sp³-hybridized carbons (Fsp3) is 0.224. The van der Waals surface area contributed by atoms with Gasteiger partial charge in [-0.05, 0) is 109 Å². The molecule has 3 aromatic heterocycles. The Hall–Kier alpha value is -7.59. The van der Waals surface area contributed by atoms with Crippen molar-refractivity contribution in [2.24, 2.45) is 0 Å². The maximum Gasteiger partial charge on any atom is 0.121 e. The molecule has 0 aliphatic carbocycles. The largest absolute Gasteiger partial charge is 0.501 e. The first-order valence-corrected chi connectivity index (χ1v) is 36.2. The van der Waals surface area contributed by atoms with Crippen molar-refractivity contribution in [1.82, 2.24) is 19.5 Å². The van der Waals surface area contributed by atoms with E-state index in [1.54, 1.807) is 18.3 Å². The van der Waals surface area contributed by atoms with Crippen molar-refractivity contribution in [3.05, 3.63) is 217 Å². The summed E-state index contributed by atoms with van der Waals surface area (Å²) in [5.41, 5.74) is 15.3. The van der Waals surface area contributed by atoms with Gasteiger partial charge in [-0.25, -0.2) is 0 Å². The van der Waals surface area contributed by atoms with Crippen molar-refractivity contribution in [1.29, 1.82) is 0 Å². The number of aryl methyl sites for hydroxylation is 1. The number of hydrogen-bond donors (Lipinski definition) is 0. The van der Waals surface area contributed by atoms with Crippen LogP contribution in [0.25, 0.3) is 116 Å². The topological polar surface area (TPSA) is 56.7 Å². The normalized spacial score (nSPS) is 13.0. The Morgan fingerprint density at radius 1 is 0.560 bits per heavy atom. The molecule has 10 aromatic carbocycles. The van der Waals surface area contributed by atoms with Crippen LogP contribution in [-0.2, 0) is 25.5 Å². The molecule has 0 aliphatic rings. The Morgan fingerprint density at radius 2 is 1.17 bits per heavy atom. The average molecular weight is 1310 g/mol. The quantitative estimate of drug-likeness (QED) is 0.0821. The molecule has 3 heterocycles. The molecule has 0 atom stereocenters. The van der Waals surface area contributed by atoms with Gasteiger partial charge in [0.05, 0.1) is 44.4 Å². The molecule has 0 bridgehead atoms. The van der Waals surface area contributed by atoms with Crippen molar-refractivity contribution >= 4 is 91.8 Å². The van der Waals surface area contributed by atoms with Crippen LogP contribution in [0.3, 0.4) is 0 Å². The van der Waals surface area contributed by atoms with Crippen LogP contribution >= 0.6 is 0 Å². The number of imidazole rings is 1. The molecule has 0 N–H and O–H groups in total. The maximum atomic E-state index is 7.35. The van der Waals surface area contributed by atoms with E-state index in [2.05, 4.69) is 260 Å². The Labute approximate surface area is 515 Å². The zero-order valence-corrected chi connectivity index (χ0v) is 54.9. The molecule has 84 heavy (non-hydrogen) atoms. The minimum Gasteiger partial charge on any atom is -0.501 e. The van der Waals surface area contributed by atoms with E-state index in [1.807, 2.05) is 12.1 Å². The van der Waals surface area contributed by atoms with Crippen molar-refractivity contribution in [3.8, 4) is 50.7 Å². The van der Waals surface area contributed by atoms with Gasteiger partial charge < -0.3 is 8.98 Å². The number of fused-ring (bicyclic) bond motifs is 9. The molecule has 8 heteroatoms. The smallest absolute Gasteiger partial charge is 0.121 e. The second-order valence-corrected chi connectivity index (χ2v) is 36.3. The predicted molar refractivity (Wildman–Crippen MR) is 360 cm³/mol. The molecule has 0 saturated heterocycles. The Balaban J connectivity index is 0.000000318. The molecule has 13 aromatic rings. The van der Waals surface area contributed by atoms with Crippen LogP contribution in [0.4, 0.5) is 0 Å². The summed E-state index contributed by atoms with van der Waals surface area (Å²) in [6.07, 6.45) is 1.72. The van der Waals surface area contributed by atoms with Crippen LogP contribution in [0.1, 0.15) is 86.8 Å². The molecule has 0 fully saturated rings. The van der Waals surface area contributed by atoms with Crippen LogP contribution < -0.4 is 10.4 Å². The van der Waals surface area contributed by atoms with E-state index in [1.165, 1.54) is 87.8 Å². The molecule has 13 rings (SSSR count). The van der Waals surface area contributed by atoms with Crippen LogP contribution in [0.2, 0.25) is 39.3 Å². The summed E-state index contributed by atoms with van der Waals surface area (Å²) in [6.45, 7) is 28.2. The SMILES string of the molecule is CC(C)c1cc(-c2ccc(-c3cc([Si](C)(C)C)cc([Si](C)(C)C)c3)cc2)cc(C(C)C)c1-n1c(-c2[c-]ccc3c2oc2cc4c(ccc5ccccc54)cc23)nc2ccc3ccccc3c21.[2H]C([2H])([2H])c1c[c-]c(-c2nccc(C(C)(C)C)n2)cc1.[Ir]. The van der Waals surface area contributed by atoms with Gasteiger partial charge in [-0.3, -0.25) is 15.0 Å². The van der Waals surface area contributed by atoms with Gasteiger partial charge in [0.15, 0.2) is 0 Å². The Morgan fingerprint density at radius 3 is 1.77 bits per heavy atom. The minimum absolute atomic E-state index is 0. The third-order valence-electron chi connectivity index (χ3n) is 16.4. The van der Waals surface area contributed by atoms with Crippen molar-refractivity contribution in [3.63, 3.8) is 0 Å². The fourth-order valence-electron chi connectivity index (χ4n) is 11.6. The maximum absolute atomic E-state index is 7.35. The van der Waals surface area contributed by atoms with Gasteiger partial charge in [-0.2, -0.15) is 0 Å². The van der Waals surface area contributed by atoms with Crippen LogP contribution in [0.15, 0.2) is 187 Å². The number of nitrogens with zero attached hydrogens (tertiary/aromatic N) is 4. The van der Waals surface area contributed by atoms with E-state index in [4.69, 9.17) is 13.5 Å². The third-order valence-corrected chi connectivity index (χ3v) is 20.4. The zero-order valence-electron chi connectivity index (χ0n) is 53.5. The van der Waals surface area contributed by atoms with Gasteiger partial charge in [-0.15, -0.1) is 53.6 Å². The minimum atomic E-state index is -2.11. The van der Waals surface area contributed by atoms with E-state index in [0.29, 0.717) is 11.4 Å². The summed E-state index contributed by atoms with van der Waals surface area (Å²) >= 11 is 0. The van der Waals surface area contributed by atoms with Gasteiger partial charge >= 0.3 is 0 Å². The first-order chi connectivity index (χ1) is 40.8. The standard InChI is InChI=1S/C61H57N2OSi2.C15H17N2.Ir/c1-37(2)52-33-45(40-24-22-39(23-25-40)44-30-46(65(5,6)7)35-47(31-44)66(8,9)10)34-53(38(3)4)58(52)63-59-49-19-14-12-17-42(49)28-29-56(59)62-61(63)51-21-15-20-50-55-32-43-27-26-41-16-11-13-18-48(41)54(43)36-57(55)64-60(50)51;1-11-5-7-12(8-6-11)14-16-10-9-13(17-14)15(2,3)4;/h11-20,22-38H,1-10H3;5-7,9-10H,1-4H3;/q2*-1;/i;1D3;. The molecular formula is C76H74IrN4OSi2-2. The van der Waals surface area contributed by atoms with Crippen LogP contribution in [0.5, 0.6) is 0 Å². The number of aromatic nitrogens is 4. The number of furan rings is 1. The van der Waals surface area contributed by atoms with E-state index < -0.39 is 23.0 Å². The van der Waals surface area contributed by atoms with Gasteiger partial charge in [0.2, 0.25) is 0 Å². The van der Waals surface area contributed by atoms with E-state index in [-0.39, 0.29) is 42.9 Å². The van der Waals surface area contributed by atoms with Crippen molar-refractivity contribution in [2.75, 3.05) is 0 Å². The summed E-state index contributed by atoms with van der Waals surface area (Å²) in [5, 5.41) is 12.4. The van der Waals surface area contributed by atoms with Crippen LogP contribution in [0, 0.1) is 19.0 Å². The van der Waals surface area contributed by atoms with Crippen molar-refractivity contribution < 1.29 is 28.6 Å². The molecule has 1 radical (unpaired) electrons. The summed E-state index contributed by atoms with van der Waals surface area (Å²) in [6, 6.07) is 69.8. The van der Waals surface area contributed by atoms with E-state index in [0.717, 1.165) is 50.1 Å². The summed E-state index contributed by atoms with van der Waals surface area (Å²) in [7, 11) is -3.05. The monoisotopic (exact) mass is 1310 g/mol. The third kappa shape index (κ3) is 11.1. The number of benzene rings is 10. The fourth-order valence-corrected chi connectivity index (χ4v) is 14.1. The molecular weight excluding hydrogens is 1230 g/mol. The first kappa shape index (κ1) is 54.4. The Bertz CT molecular complexity index is 4690. The number of rotatable bonds is 9. The van der Waals surface area contributed by atoms with E-state index in [9.17, 15) is 0 Å². The summed E-state index contributed by atoms with van der Waals surface area (Å²) in [4.78, 5) is 14.3. The Kier molecular flexibility index (Phi) is 14.5. The molecule has 5 nitrogen and oxygen atoms in total. The van der Waals surface area contributed by atoms with Crippen molar-refractivity contribution in [2.45, 2.75) is 112 Å². The van der Waals surface area contributed by atoms with Crippen LogP contribution in [-0.4, -0.2) is 35.7 Å². The number of hydrogen-bond acceptors (Lipinski definition) is 4. The average Bonchev–Trinajstić information content (AvgIpc) is 1.82.